The van der Waals surface area contributed by atoms with Gasteiger partial charge in [-0.25, -0.2) is 9.37 Å². The zero-order valence-corrected chi connectivity index (χ0v) is 18.4. The third-order valence-corrected chi connectivity index (χ3v) is 5.91. The van der Waals surface area contributed by atoms with E-state index >= 15 is 0 Å². The highest BCUT2D eigenvalue weighted by molar-refractivity contribution is 7.17. The van der Waals surface area contributed by atoms with Gasteiger partial charge in [-0.2, -0.15) is 0 Å². The molecule has 2 N–H and O–H groups in total. The molecule has 2 heterocycles. The predicted molar refractivity (Wildman–Crippen MR) is 121 cm³/mol. The molecule has 3 rings (SSSR count). The van der Waals surface area contributed by atoms with Crippen molar-refractivity contribution >= 4 is 21.6 Å². The first-order chi connectivity index (χ1) is 14.2. The van der Waals surface area contributed by atoms with E-state index in [1.807, 2.05) is 0 Å². The van der Waals surface area contributed by atoms with Crippen molar-refractivity contribution < 1.29 is 9.50 Å². The van der Waals surface area contributed by atoms with E-state index in [0.717, 1.165) is 13.0 Å². The largest absolute Gasteiger partial charge is 0.385 e. The number of aliphatic hydroxyl groups is 1. The van der Waals surface area contributed by atoms with Crippen molar-refractivity contribution in [3.05, 3.63) is 64.3 Å². The molecule has 0 aliphatic rings. The van der Waals surface area contributed by atoms with E-state index in [2.05, 4.69) is 35.3 Å². The van der Waals surface area contributed by atoms with Gasteiger partial charge >= 0.3 is 0 Å². The molecule has 0 aliphatic heterocycles. The van der Waals surface area contributed by atoms with Gasteiger partial charge in [-0.05, 0) is 31.9 Å². The highest BCUT2D eigenvalue weighted by Crippen LogP contribution is 2.32. The van der Waals surface area contributed by atoms with E-state index < -0.39 is 5.60 Å². The van der Waals surface area contributed by atoms with Crippen LogP contribution in [0.25, 0.3) is 21.3 Å². The Morgan fingerprint density at radius 3 is 2.77 bits per heavy atom. The van der Waals surface area contributed by atoms with E-state index in [1.54, 1.807) is 30.5 Å². The number of thiophene rings is 1. The number of fused-ring (bicyclic) bond motifs is 1. The SMILES string of the molecule is C=CC(C)(O)CN(CCC(C)C)Cc1nc2scc(-c3ccccc3F)c2c(=O)[nH]1. The number of nitrogens with zero attached hydrogens (tertiary/aromatic N) is 2. The lowest BCUT2D eigenvalue weighted by molar-refractivity contribution is 0.0559. The Morgan fingerprint density at radius 1 is 1.37 bits per heavy atom. The minimum atomic E-state index is -1.04. The van der Waals surface area contributed by atoms with Crippen LogP contribution in [0.15, 0.2) is 47.1 Å². The van der Waals surface area contributed by atoms with Crippen molar-refractivity contribution in [3.63, 3.8) is 0 Å². The Kier molecular flexibility index (Phi) is 6.85. The van der Waals surface area contributed by atoms with E-state index in [4.69, 9.17) is 0 Å². The number of hydrogen-bond acceptors (Lipinski definition) is 5. The van der Waals surface area contributed by atoms with E-state index in [1.165, 1.54) is 23.5 Å². The molecule has 0 saturated heterocycles. The molecule has 1 unspecified atom stereocenters. The quantitative estimate of drug-likeness (QED) is 0.489. The summed E-state index contributed by atoms with van der Waals surface area (Å²) in [6, 6.07) is 6.41. The van der Waals surface area contributed by atoms with Crippen LogP contribution < -0.4 is 5.56 Å². The van der Waals surface area contributed by atoms with E-state index in [-0.39, 0.29) is 11.4 Å². The van der Waals surface area contributed by atoms with Gasteiger partial charge in [0, 0.05) is 23.1 Å². The second-order valence-electron chi connectivity index (χ2n) is 8.28. The van der Waals surface area contributed by atoms with Crippen LogP contribution in [-0.4, -0.2) is 38.7 Å². The van der Waals surface area contributed by atoms with Gasteiger partial charge in [0.1, 0.15) is 16.5 Å². The van der Waals surface area contributed by atoms with Gasteiger partial charge in [0.15, 0.2) is 0 Å². The zero-order chi connectivity index (χ0) is 21.9. The molecule has 1 atom stereocenters. The second kappa shape index (κ2) is 9.20. The van der Waals surface area contributed by atoms with Crippen molar-refractivity contribution in [2.75, 3.05) is 13.1 Å². The molecular formula is C23H28FN3O2S. The maximum absolute atomic E-state index is 14.2. The second-order valence-corrected chi connectivity index (χ2v) is 9.13. The first kappa shape index (κ1) is 22.3. The Bertz CT molecular complexity index is 1090. The van der Waals surface area contributed by atoms with Crippen LogP contribution in [0.2, 0.25) is 0 Å². The van der Waals surface area contributed by atoms with Gasteiger partial charge < -0.3 is 10.1 Å². The van der Waals surface area contributed by atoms with Crippen LogP contribution in [0.5, 0.6) is 0 Å². The molecule has 1 aromatic carbocycles. The summed E-state index contributed by atoms with van der Waals surface area (Å²) in [5.41, 5.74) is -0.375. The monoisotopic (exact) mass is 429 g/mol. The minimum absolute atomic E-state index is 0.284. The molecule has 3 aromatic rings. The highest BCUT2D eigenvalue weighted by atomic mass is 32.1. The summed E-state index contributed by atoms with van der Waals surface area (Å²) in [4.78, 5) is 23.0. The maximum Gasteiger partial charge on any atom is 0.260 e. The molecule has 0 radical (unpaired) electrons. The van der Waals surface area contributed by atoms with Gasteiger partial charge in [-0.3, -0.25) is 9.69 Å². The van der Waals surface area contributed by atoms with Crippen LogP contribution in [0, 0.1) is 11.7 Å². The van der Waals surface area contributed by atoms with Gasteiger partial charge in [-0.15, -0.1) is 17.9 Å². The molecule has 0 amide bonds. The van der Waals surface area contributed by atoms with Crippen molar-refractivity contribution in [2.24, 2.45) is 5.92 Å². The number of rotatable bonds is 9. The fourth-order valence-electron chi connectivity index (χ4n) is 3.33. The summed E-state index contributed by atoms with van der Waals surface area (Å²) in [5.74, 6) is 0.668. The Balaban J connectivity index is 1.93. The average molecular weight is 430 g/mol. The lowest BCUT2D eigenvalue weighted by Gasteiger charge is -2.29. The normalized spacial score (nSPS) is 13.8. The predicted octanol–water partition coefficient (Wildman–Crippen LogP) is 4.58. The number of aromatic amines is 1. The van der Waals surface area contributed by atoms with Gasteiger partial charge in [-0.1, -0.05) is 38.1 Å². The molecule has 7 heteroatoms. The Hall–Kier alpha value is -2.35. The van der Waals surface area contributed by atoms with E-state index in [9.17, 15) is 14.3 Å². The smallest absolute Gasteiger partial charge is 0.260 e. The molecule has 0 aliphatic carbocycles. The number of halogens is 1. The Labute approximate surface area is 179 Å². The maximum atomic E-state index is 14.2. The molecule has 0 saturated carbocycles. The van der Waals surface area contributed by atoms with Crippen LogP contribution in [-0.2, 0) is 6.54 Å². The highest BCUT2D eigenvalue weighted by Gasteiger charge is 2.22. The number of aromatic nitrogens is 2. The van der Waals surface area contributed by atoms with Crippen molar-refractivity contribution in [1.82, 2.24) is 14.9 Å². The van der Waals surface area contributed by atoms with Crippen LogP contribution in [0.1, 0.15) is 33.0 Å². The molecule has 2 aromatic heterocycles. The fraction of sp³-hybridized carbons (Fsp3) is 0.391. The van der Waals surface area contributed by atoms with Gasteiger partial charge in [0.25, 0.3) is 5.56 Å². The van der Waals surface area contributed by atoms with Crippen LogP contribution >= 0.6 is 11.3 Å². The number of nitrogens with one attached hydrogen (secondary N) is 1. The first-order valence-electron chi connectivity index (χ1n) is 10.0. The fourth-order valence-corrected chi connectivity index (χ4v) is 4.29. The molecular weight excluding hydrogens is 401 g/mol. The molecule has 0 spiro atoms. The lowest BCUT2D eigenvalue weighted by atomic mass is 10.1. The summed E-state index contributed by atoms with van der Waals surface area (Å²) in [7, 11) is 0. The standard InChI is InChI=1S/C23H28FN3O2S/c1-5-23(4,29)14-27(11-10-15(2)3)12-19-25-21(28)20-17(13-30-22(20)26-19)16-8-6-7-9-18(16)24/h5-9,13,15,29H,1,10-12,14H2,2-4H3,(H,25,26,28). The van der Waals surface area contributed by atoms with Gasteiger partial charge in [0.05, 0.1) is 17.5 Å². The zero-order valence-electron chi connectivity index (χ0n) is 17.6. The molecule has 0 bridgehead atoms. The summed E-state index contributed by atoms with van der Waals surface area (Å²) >= 11 is 1.33. The topological polar surface area (TPSA) is 69.2 Å². The van der Waals surface area contributed by atoms with Gasteiger partial charge in [0.2, 0.25) is 0 Å². The number of H-pyrrole nitrogens is 1. The lowest BCUT2D eigenvalue weighted by Crippen LogP contribution is -2.40. The minimum Gasteiger partial charge on any atom is -0.385 e. The summed E-state index contributed by atoms with van der Waals surface area (Å²) in [5, 5.41) is 12.6. The Morgan fingerprint density at radius 2 is 2.10 bits per heavy atom. The molecule has 5 nitrogen and oxygen atoms in total. The van der Waals surface area contributed by atoms with Crippen molar-refractivity contribution in [1.29, 1.82) is 0 Å². The number of hydrogen-bond donors (Lipinski definition) is 2. The number of benzene rings is 1. The van der Waals surface area contributed by atoms with Crippen LogP contribution in [0.4, 0.5) is 4.39 Å². The molecule has 30 heavy (non-hydrogen) atoms. The summed E-state index contributed by atoms with van der Waals surface area (Å²) in [6.45, 7) is 11.2. The van der Waals surface area contributed by atoms with Crippen molar-refractivity contribution in [3.8, 4) is 11.1 Å². The summed E-state index contributed by atoms with van der Waals surface area (Å²) < 4.78 is 14.2. The van der Waals surface area contributed by atoms with Crippen molar-refractivity contribution in [2.45, 2.75) is 39.3 Å². The van der Waals surface area contributed by atoms with E-state index in [0.29, 0.717) is 46.2 Å². The third kappa shape index (κ3) is 5.22. The molecule has 0 fully saturated rings. The van der Waals surface area contributed by atoms with Crippen LogP contribution in [0.3, 0.4) is 0 Å². The molecule has 160 valence electrons. The third-order valence-electron chi connectivity index (χ3n) is 5.04. The first-order valence-corrected chi connectivity index (χ1v) is 10.9. The average Bonchev–Trinajstić information content (AvgIpc) is 3.10. The summed E-state index contributed by atoms with van der Waals surface area (Å²) in [6.07, 6.45) is 2.48.